The Bertz CT molecular complexity index is 291. The van der Waals surface area contributed by atoms with E-state index in [0.29, 0.717) is 6.04 Å². The minimum absolute atomic E-state index is 0.657. The summed E-state index contributed by atoms with van der Waals surface area (Å²) in [5.41, 5.74) is 0. The van der Waals surface area contributed by atoms with Gasteiger partial charge in [-0.1, -0.05) is 12.8 Å². The summed E-state index contributed by atoms with van der Waals surface area (Å²) in [5, 5.41) is 4.72. The Balaban J connectivity index is 1.70. The summed E-state index contributed by atoms with van der Waals surface area (Å²) in [4.78, 5) is 5.60. The average Bonchev–Trinajstić information content (AvgIpc) is 2.85. The Labute approximate surface area is 89.8 Å². The molecule has 0 amide bonds. The molecule has 2 rings (SSSR count). The van der Waals surface area contributed by atoms with Crippen LogP contribution in [0.1, 0.15) is 36.1 Å². The predicted octanol–water partition coefficient (Wildman–Crippen LogP) is 2.73. The molecule has 1 heterocycles. The van der Waals surface area contributed by atoms with Crippen molar-refractivity contribution >= 4 is 11.3 Å². The number of aryl methyl sites for hydroxylation is 1. The fourth-order valence-electron chi connectivity index (χ4n) is 1.70. The molecule has 1 aliphatic rings. The first kappa shape index (κ1) is 10.1. The molecule has 1 fully saturated rings. The highest BCUT2D eigenvalue weighted by Gasteiger charge is 2.23. The minimum atomic E-state index is 0.657. The molecule has 0 bridgehead atoms. The number of hydrogen-bond acceptors (Lipinski definition) is 3. The van der Waals surface area contributed by atoms with Crippen LogP contribution in [0.25, 0.3) is 0 Å². The molecular weight excluding hydrogens is 192 g/mol. The molecule has 0 radical (unpaired) electrons. The highest BCUT2D eigenvalue weighted by atomic mass is 32.1. The number of hydrogen-bond donors (Lipinski definition) is 1. The molecule has 0 aromatic carbocycles. The van der Waals surface area contributed by atoms with Crippen molar-refractivity contribution in [2.45, 2.75) is 45.7 Å². The van der Waals surface area contributed by atoms with E-state index in [-0.39, 0.29) is 0 Å². The van der Waals surface area contributed by atoms with E-state index in [0.717, 1.165) is 17.5 Å². The van der Waals surface area contributed by atoms with Gasteiger partial charge in [0.2, 0.25) is 0 Å². The lowest BCUT2D eigenvalue weighted by Gasteiger charge is -2.11. The smallest absolute Gasteiger partial charge is 0.0897 e. The van der Waals surface area contributed by atoms with E-state index in [2.05, 4.69) is 24.1 Å². The van der Waals surface area contributed by atoms with Gasteiger partial charge in [-0.15, -0.1) is 11.3 Å². The monoisotopic (exact) mass is 210 g/mol. The minimum Gasteiger partial charge on any atom is -0.309 e. The first-order valence-corrected chi connectivity index (χ1v) is 6.20. The molecule has 0 spiro atoms. The lowest BCUT2D eigenvalue weighted by Crippen LogP contribution is -2.25. The second-order valence-corrected chi connectivity index (χ2v) is 5.63. The van der Waals surface area contributed by atoms with Crippen molar-refractivity contribution < 1.29 is 0 Å². The van der Waals surface area contributed by atoms with E-state index in [9.17, 15) is 0 Å². The van der Waals surface area contributed by atoms with E-state index in [1.54, 1.807) is 11.3 Å². The Morgan fingerprint density at radius 3 is 3.00 bits per heavy atom. The largest absolute Gasteiger partial charge is 0.309 e. The topological polar surface area (TPSA) is 24.9 Å². The summed E-state index contributed by atoms with van der Waals surface area (Å²) in [6, 6.07) is 0.657. The average molecular weight is 210 g/mol. The van der Waals surface area contributed by atoms with Gasteiger partial charge >= 0.3 is 0 Å². The first-order valence-electron chi connectivity index (χ1n) is 5.38. The summed E-state index contributed by atoms with van der Waals surface area (Å²) in [6.45, 7) is 5.33. The first-order chi connectivity index (χ1) is 6.74. The molecule has 1 unspecified atom stereocenters. The highest BCUT2D eigenvalue weighted by molar-refractivity contribution is 7.11. The van der Waals surface area contributed by atoms with Crippen molar-refractivity contribution in [1.29, 1.82) is 0 Å². The third kappa shape index (κ3) is 3.07. The summed E-state index contributed by atoms with van der Waals surface area (Å²) in [6.07, 6.45) is 6.23. The molecule has 78 valence electrons. The van der Waals surface area contributed by atoms with Crippen LogP contribution in [-0.2, 0) is 6.54 Å². The van der Waals surface area contributed by atoms with Crippen LogP contribution in [-0.4, -0.2) is 11.0 Å². The van der Waals surface area contributed by atoms with Crippen molar-refractivity contribution in [3.63, 3.8) is 0 Å². The molecule has 1 aromatic rings. The highest BCUT2D eigenvalue weighted by Crippen LogP contribution is 2.33. The van der Waals surface area contributed by atoms with Crippen LogP contribution >= 0.6 is 11.3 Å². The lowest BCUT2D eigenvalue weighted by atomic mass is 10.1. The van der Waals surface area contributed by atoms with E-state index in [1.165, 1.54) is 24.1 Å². The van der Waals surface area contributed by atoms with Crippen molar-refractivity contribution in [2.75, 3.05) is 0 Å². The van der Waals surface area contributed by atoms with Crippen LogP contribution in [0.3, 0.4) is 0 Å². The van der Waals surface area contributed by atoms with Crippen molar-refractivity contribution in [3.8, 4) is 0 Å². The van der Waals surface area contributed by atoms with Gasteiger partial charge in [-0.05, 0) is 26.2 Å². The summed E-state index contributed by atoms with van der Waals surface area (Å²) in [5.74, 6) is 1.01. The molecule has 1 atom stereocenters. The van der Waals surface area contributed by atoms with Crippen LogP contribution in [0.4, 0.5) is 0 Å². The number of nitrogens with one attached hydrogen (secondary N) is 1. The summed E-state index contributed by atoms with van der Waals surface area (Å²) in [7, 11) is 0. The third-order valence-corrected chi connectivity index (χ3v) is 3.59. The van der Waals surface area contributed by atoms with Gasteiger partial charge in [0.1, 0.15) is 0 Å². The standard InChI is InChI=1S/C11H18N2S/c1-8(5-10-3-4-10)12-6-11-7-13-9(2)14-11/h7-8,10,12H,3-6H2,1-2H3. The van der Waals surface area contributed by atoms with Gasteiger partial charge in [0, 0.05) is 23.7 Å². The maximum atomic E-state index is 4.25. The zero-order chi connectivity index (χ0) is 9.97. The Hall–Kier alpha value is -0.410. The quantitative estimate of drug-likeness (QED) is 0.808. The molecule has 3 heteroatoms. The summed E-state index contributed by atoms with van der Waals surface area (Å²) < 4.78 is 0. The zero-order valence-electron chi connectivity index (χ0n) is 8.92. The van der Waals surface area contributed by atoms with E-state index in [4.69, 9.17) is 0 Å². The van der Waals surface area contributed by atoms with Crippen LogP contribution in [0.2, 0.25) is 0 Å². The molecule has 0 saturated heterocycles. The second kappa shape index (κ2) is 4.41. The van der Waals surface area contributed by atoms with Crippen molar-refractivity contribution in [1.82, 2.24) is 10.3 Å². The molecule has 1 saturated carbocycles. The zero-order valence-corrected chi connectivity index (χ0v) is 9.73. The fourth-order valence-corrected chi connectivity index (χ4v) is 2.44. The predicted molar refractivity (Wildman–Crippen MR) is 60.5 cm³/mol. The van der Waals surface area contributed by atoms with Crippen molar-refractivity contribution in [2.24, 2.45) is 5.92 Å². The number of nitrogens with zero attached hydrogens (tertiary/aromatic N) is 1. The SMILES string of the molecule is Cc1ncc(CNC(C)CC2CC2)s1. The van der Waals surface area contributed by atoms with Crippen LogP contribution in [0.5, 0.6) is 0 Å². The van der Waals surface area contributed by atoms with Gasteiger partial charge in [-0.25, -0.2) is 4.98 Å². The number of rotatable bonds is 5. The third-order valence-electron chi connectivity index (χ3n) is 2.68. The van der Waals surface area contributed by atoms with E-state index >= 15 is 0 Å². The molecule has 14 heavy (non-hydrogen) atoms. The van der Waals surface area contributed by atoms with Gasteiger partial charge in [0.15, 0.2) is 0 Å². The molecular formula is C11H18N2S. The molecule has 1 aromatic heterocycles. The Morgan fingerprint density at radius 2 is 2.43 bits per heavy atom. The molecule has 1 N–H and O–H groups in total. The fraction of sp³-hybridized carbons (Fsp3) is 0.727. The number of aromatic nitrogens is 1. The van der Waals surface area contributed by atoms with E-state index < -0.39 is 0 Å². The Kier molecular flexibility index (Phi) is 3.19. The molecule has 1 aliphatic carbocycles. The van der Waals surface area contributed by atoms with Gasteiger partial charge in [-0.2, -0.15) is 0 Å². The van der Waals surface area contributed by atoms with Gasteiger partial charge in [0.25, 0.3) is 0 Å². The maximum Gasteiger partial charge on any atom is 0.0897 e. The van der Waals surface area contributed by atoms with Gasteiger partial charge < -0.3 is 5.32 Å². The normalized spacial score (nSPS) is 18.4. The second-order valence-electron chi connectivity index (χ2n) is 4.31. The van der Waals surface area contributed by atoms with Gasteiger partial charge in [-0.3, -0.25) is 0 Å². The van der Waals surface area contributed by atoms with Crippen molar-refractivity contribution in [3.05, 3.63) is 16.1 Å². The van der Waals surface area contributed by atoms with Crippen LogP contribution < -0.4 is 5.32 Å². The molecule has 2 nitrogen and oxygen atoms in total. The van der Waals surface area contributed by atoms with Crippen LogP contribution in [0, 0.1) is 12.8 Å². The maximum absolute atomic E-state index is 4.25. The van der Waals surface area contributed by atoms with E-state index in [1.807, 2.05) is 6.20 Å². The molecule has 0 aliphatic heterocycles. The number of thiazole rings is 1. The van der Waals surface area contributed by atoms with Crippen LogP contribution in [0.15, 0.2) is 6.20 Å². The Morgan fingerprint density at radius 1 is 1.64 bits per heavy atom. The summed E-state index contributed by atoms with van der Waals surface area (Å²) >= 11 is 1.79. The van der Waals surface area contributed by atoms with Gasteiger partial charge in [0.05, 0.1) is 5.01 Å². The lowest BCUT2D eigenvalue weighted by molar-refractivity contribution is 0.489.